The number of rotatable bonds is 0. The molecule has 0 aromatic carbocycles. The van der Waals surface area contributed by atoms with Gasteiger partial charge in [-0.2, -0.15) is 0 Å². The number of hydrogen-bond donors (Lipinski definition) is 1. The summed E-state index contributed by atoms with van der Waals surface area (Å²) in [4.78, 5) is 1.83. The Bertz CT molecular complexity index is 267. The van der Waals surface area contributed by atoms with E-state index in [0.29, 0.717) is 16.3 Å². The van der Waals surface area contributed by atoms with E-state index in [1.807, 2.05) is 26.0 Å². The third-order valence-corrected chi connectivity index (χ3v) is 3.41. The summed E-state index contributed by atoms with van der Waals surface area (Å²) in [5, 5.41) is 8.57. The van der Waals surface area contributed by atoms with Crippen LogP contribution >= 0.6 is 24.4 Å². The van der Waals surface area contributed by atoms with E-state index in [1.165, 1.54) is 0 Å². The van der Waals surface area contributed by atoms with Crippen LogP contribution in [0.25, 0.3) is 0 Å². The molecule has 0 saturated carbocycles. The van der Waals surface area contributed by atoms with Crippen LogP contribution in [0.5, 0.6) is 0 Å². The molecule has 1 saturated heterocycles. The lowest BCUT2D eigenvalue weighted by Crippen LogP contribution is -2.50. The second-order valence-corrected chi connectivity index (χ2v) is 4.74. The molecule has 1 N–H and O–H groups in total. The van der Waals surface area contributed by atoms with Gasteiger partial charge in [0.25, 0.3) is 0 Å². The predicted octanol–water partition coefficient (Wildman–Crippen LogP) is 0.648. The predicted molar refractivity (Wildman–Crippen MR) is 70.6 cm³/mol. The highest BCUT2D eigenvalue weighted by Gasteiger charge is 2.27. The molecule has 0 amide bonds. The lowest BCUT2D eigenvalue weighted by Gasteiger charge is -2.30. The van der Waals surface area contributed by atoms with E-state index in [-0.39, 0.29) is 0 Å². The quantitative estimate of drug-likeness (QED) is 0.629. The summed E-state index contributed by atoms with van der Waals surface area (Å²) in [6, 6.07) is 0.540. The third-order valence-electron chi connectivity index (χ3n) is 2.63. The molecule has 86 valence electrons. The minimum atomic E-state index is 0.540. The fourth-order valence-electron chi connectivity index (χ4n) is 1.40. The van der Waals surface area contributed by atoms with E-state index in [1.54, 1.807) is 0 Å². The zero-order valence-corrected chi connectivity index (χ0v) is 11.3. The number of nitrogens with one attached hydrogen (secondary N) is 1. The van der Waals surface area contributed by atoms with Gasteiger partial charge in [0, 0.05) is 33.7 Å². The van der Waals surface area contributed by atoms with Crippen molar-refractivity contribution in [1.29, 1.82) is 0 Å². The van der Waals surface area contributed by atoms with Crippen molar-refractivity contribution >= 4 is 34.7 Å². The number of hydrazine groups is 1. The average molecular weight is 246 g/mol. The molecule has 1 aliphatic rings. The van der Waals surface area contributed by atoms with Gasteiger partial charge in [0.2, 0.25) is 0 Å². The van der Waals surface area contributed by atoms with Crippen LogP contribution in [0, 0.1) is 0 Å². The van der Waals surface area contributed by atoms with E-state index in [4.69, 9.17) is 24.4 Å². The lowest BCUT2D eigenvalue weighted by atomic mass is 10.3. The molecule has 0 aliphatic carbocycles. The summed E-state index contributed by atoms with van der Waals surface area (Å²) in [7, 11) is 5.84. The molecule has 1 rings (SSSR count). The van der Waals surface area contributed by atoms with Crippen molar-refractivity contribution in [2.45, 2.75) is 19.4 Å². The van der Waals surface area contributed by atoms with Crippen molar-refractivity contribution in [2.75, 3.05) is 27.7 Å². The number of thiocarbonyl (C=S) groups is 2. The first-order valence-corrected chi connectivity index (χ1v) is 5.77. The first kappa shape index (κ1) is 12.6. The van der Waals surface area contributed by atoms with Gasteiger partial charge in [-0.1, -0.05) is 0 Å². The van der Waals surface area contributed by atoms with Crippen molar-refractivity contribution in [2.24, 2.45) is 0 Å². The lowest BCUT2D eigenvalue weighted by molar-refractivity contribution is 0.108. The maximum absolute atomic E-state index is 5.30. The van der Waals surface area contributed by atoms with Crippen LogP contribution in [0.3, 0.4) is 0 Å². The van der Waals surface area contributed by atoms with Gasteiger partial charge in [-0.05, 0) is 37.8 Å². The highest BCUT2D eigenvalue weighted by Crippen LogP contribution is 2.15. The molecule has 4 nitrogen and oxygen atoms in total. The highest BCUT2D eigenvalue weighted by molar-refractivity contribution is 7.81. The summed E-state index contributed by atoms with van der Waals surface area (Å²) in [5.74, 6) is 0. The Labute approximate surface area is 102 Å². The van der Waals surface area contributed by atoms with Crippen LogP contribution in [0.4, 0.5) is 0 Å². The first-order chi connectivity index (χ1) is 6.93. The minimum Gasteiger partial charge on any atom is -0.355 e. The zero-order chi connectivity index (χ0) is 11.6. The fourth-order valence-corrected chi connectivity index (χ4v) is 1.88. The molecular weight excluding hydrogens is 228 g/mol. The van der Waals surface area contributed by atoms with E-state index in [9.17, 15) is 0 Å². The second kappa shape index (κ2) is 5.05. The molecule has 15 heavy (non-hydrogen) atoms. The van der Waals surface area contributed by atoms with Crippen LogP contribution in [0.15, 0.2) is 0 Å². The van der Waals surface area contributed by atoms with Crippen molar-refractivity contribution in [3.05, 3.63) is 0 Å². The summed E-state index contributed by atoms with van der Waals surface area (Å²) in [6.45, 7) is 3.15. The van der Waals surface area contributed by atoms with Gasteiger partial charge in [-0.15, -0.1) is 0 Å². The summed E-state index contributed by atoms with van der Waals surface area (Å²) >= 11 is 10.4. The SMILES string of the molecule is CC1CCN(C(=S)NC(=S)N(C)C)N1C. The maximum atomic E-state index is 5.30. The monoisotopic (exact) mass is 246 g/mol. The van der Waals surface area contributed by atoms with Crippen molar-refractivity contribution in [1.82, 2.24) is 20.2 Å². The molecule has 0 radical (unpaired) electrons. The van der Waals surface area contributed by atoms with Crippen molar-refractivity contribution in [3.8, 4) is 0 Å². The maximum Gasteiger partial charge on any atom is 0.189 e. The van der Waals surface area contributed by atoms with E-state index in [0.717, 1.165) is 13.0 Å². The largest absolute Gasteiger partial charge is 0.355 e. The first-order valence-electron chi connectivity index (χ1n) is 4.96. The topological polar surface area (TPSA) is 21.8 Å². The van der Waals surface area contributed by atoms with Gasteiger partial charge in [0.1, 0.15) is 0 Å². The van der Waals surface area contributed by atoms with Crippen molar-refractivity contribution < 1.29 is 0 Å². The molecule has 1 heterocycles. The number of hydrogen-bond acceptors (Lipinski definition) is 3. The Morgan fingerprint density at radius 3 is 2.40 bits per heavy atom. The smallest absolute Gasteiger partial charge is 0.189 e. The average Bonchev–Trinajstić information content (AvgIpc) is 2.47. The Morgan fingerprint density at radius 1 is 1.40 bits per heavy atom. The Morgan fingerprint density at radius 2 is 2.00 bits per heavy atom. The van der Waals surface area contributed by atoms with Crippen LogP contribution in [0.2, 0.25) is 0 Å². The fraction of sp³-hybridized carbons (Fsp3) is 0.778. The van der Waals surface area contributed by atoms with Gasteiger partial charge in [0.15, 0.2) is 10.2 Å². The Hall–Kier alpha value is -0.460. The molecule has 1 fully saturated rings. The van der Waals surface area contributed by atoms with E-state index >= 15 is 0 Å². The molecule has 0 aromatic rings. The van der Waals surface area contributed by atoms with Crippen molar-refractivity contribution in [3.63, 3.8) is 0 Å². The van der Waals surface area contributed by atoms with Crippen LogP contribution in [0.1, 0.15) is 13.3 Å². The Kier molecular flexibility index (Phi) is 4.24. The van der Waals surface area contributed by atoms with E-state index < -0.39 is 0 Å². The minimum absolute atomic E-state index is 0.540. The van der Waals surface area contributed by atoms with Crippen LogP contribution in [-0.2, 0) is 0 Å². The molecule has 1 atom stereocenters. The summed E-state index contributed by atoms with van der Waals surface area (Å²) in [6.07, 6.45) is 1.13. The third kappa shape index (κ3) is 2.99. The Balaban J connectivity index is 2.51. The van der Waals surface area contributed by atoms with Gasteiger partial charge in [0.05, 0.1) is 0 Å². The summed E-state index contributed by atoms with van der Waals surface area (Å²) < 4.78 is 0. The van der Waals surface area contributed by atoms with Gasteiger partial charge in [-0.3, -0.25) is 5.01 Å². The summed E-state index contributed by atoms with van der Waals surface area (Å²) in [5.41, 5.74) is 0. The molecule has 6 heteroatoms. The van der Waals surface area contributed by atoms with Crippen LogP contribution in [-0.4, -0.2) is 58.9 Å². The molecule has 0 bridgehead atoms. The van der Waals surface area contributed by atoms with Gasteiger partial charge >= 0.3 is 0 Å². The van der Waals surface area contributed by atoms with Gasteiger partial charge < -0.3 is 10.2 Å². The molecule has 0 aromatic heterocycles. The molecule has 0 spiro atoms. The zero-order valence-electron chi connectivity index (χ0n) is 9.65. The standard InChI is InChI=1S/C9H18N4S2/c1-7-5-6-13(12(7)4)9(15)10-8(14)11(2)3/h7H,5-6H2,1-4H3,(H,10,14,15). The number of nitrogens with zero attached hydrogens (tertiary/aromatic N) is 3. The van der Waals surface area contributed by atoms with Crippen LogP contribution < -0.4 is 5.32 Å². The molecule has 1 aliphatic heterocycles. The second-order valence-electron chi connectivity index (χ2n) is 3.96. The molecule has 1 unspecified atom stereocenters. The molecular formula is C9H18N4S2. The normalized spacial score (nSPS) is 21.6. The van der Waals surface area contributed by atoms with Gasteiger partial charge in [-0.25, -0.2) is 5.01 Å². The van der Waals surface area contributed by atoms with E-state index in [2.05, 4.69) is 22.3 Å². The highest BCUT2D eigenvalue weighted by atomic mass is 32.1.